The van der Waals surface area contributed by atoms with Gasteiger partial charge in [0.05, 0.1) is 11.8 Å². The zero-order chi connectivity index (χ0) is 18.8. The molecule has 27 heavy (non-hydrogen) atoms. The van der Waals surface area contributed by atoms with Crippen molar-refractivity contribution in [2.24, 2.45) is 0 Å². The number of rotatable bonds is 3. The number of piperidine rings is 1. The van der Waals surface area contributed by atoms with Gasteiger partial charge in [0.1, 0.15) is 0 Å². The van der Waals surface area contributed by atoms with Crippen LogP contribution in [0.4, 0.5) is 0 Å². The maximum Gasteiger partial charge on any atom is 0.255 e. The number of carbonyl (C=O) groups excluding carboxylic acids is 1. The summed E-state index contributed by atoms with van der Waals surface area (Å²) in [7, 11) is 0. The van der Waals surface area contributed by atoms with Crippen molar-refractivity contribution in [2.75, 3.05) is 13.1 Å². The van der Waals surface area contributed by atoms with E-state index in [1.165, 1.54) is 5.56 Å². The number of aromatic amines is 1. The van der Waals surface area contributed by atoms with Crippen molar-refractivity contribution in [3.05, 3.63) is 71.3 Å². The van der Waals surface area contributed by atoms with E-state index in [-0.39, 0.29) is 11.8 Å². The second-order valence-electron chi connectivity index (χ2n) is 7.34. The van der Waals surface area contributed by atoms with Crippen molar-refractivity contribution in [3.63, 3.8) is 0 Å². The van der Waals surface area contributed by atoms with Gasteiger partial charge in [-0.15, -0.1) is 0 Å². The van der Waals surface area contributed by atoms with Crippen molar-refractivity contribution in [3.8, 4) is 11.1 Å². The fourth-order valence-corrected chi connectivity index (χ4v) is 3.74. The highest BCUT2D eigenvalue weighted by Gasteiger charge is 2.28. The van der Waals surface area contributed by atoms with Crippen molar-refractivity contribution in [2.45, 2.75) is 32.6 Å². The molecule has 5 nitrogen and oxygen atoms in total. The molecule has 0 radical (unpaired) electrons. The third-order valence-electron chi connectivity index (χ3n) is 5.31. The molecule has 1 N–H and O–H groups in total. The van der Waals surface area contributed by atoms with Gasteiger partial charge >= 0.3 is 0 Å². The lowest BCUT2D eigenvalue weighted by Gasteiger charge is -2.32. The van der Waals surface area contributed by atoms with E-state index < -0.39 is 0 Å². The van der Waals surface area contributed by atoms with Crippen LogP contribution in [0, 0.1) is 13.8 Å². The Hall–Kier alpha value is -2.95. The van der Waals surface area contributed by atoms with Crippen LogP contribution in [0.5, 0.6) is 0 Å². The zero-order valence-electron chi connectivity index (χ0n) is 15.8. The maximum atomic E-state index is 12.9. The second-order valence-corrected chi connectivity index (χ2v) is 7.34. The van der Waals surface area contributed by atoms with Crippen molar-refractivity contribution in [1.82, 2.24) is 20.1 Å². The third kappa shape index (κ3) is 3.63. The molecule has 4 rings (SSSR count). The largest absolute Gasteiger partial charge is 0.338 e. The van der Waals surface area contributed by atoms with Crippen LogP contribution in [-0.4, -0.2) is 39.1 Å². The summed E-state index contributed by atoms with van der Waals surface area (Å²) in [6.45, 7) is 5.51. The van der Waals surface area contributed by atoms with Crippen LogP contribution in [-0.2, 0) is 0 Å². The summed E-state index contributed by atoms with van der Waals surface area (Å²) in [5.74, 6) is 0.323. The number of aromatic nitrogens is 3. The lowest BCUT2D eigenvalue weighted by atomic mass is 9.90. The third-order valence-corrected chi connectivity index (χ3v) is 5.31. The Morgan fingerprint density at radius 2 is 1.93 bits per heavy atom. The molecule has 0 saturated carbocycles. The lowest BCUT2D eigenvalue weighted by molar-refractivity contribution is 0.0705. The molecule has 1 aromatic carbocycles. The van der Waals surface area contributed by atoms with E-state index in [2.05, 4.69) is 46.4 Å². The van der Waals surface area contributed by atoms with E-state index in [4.69, 9.17) is 0 Å². The molecule has 1 aliphatic rings. The maximum absolute atomic E-state index is 12.9. The number of carbonyl (C=O) groups is 1. The van der Waals surface area contributed by atoms with Crippen LogP contribution < -0.4 is 0 Å². The molecule has 3 heterocycles. The number of hydrogen-bond acceptors (Lipinski definition) is 3. The Morgan fingerprint density at radius 3 is 2.67 bits per heavy atom. The van der Waals surface area contributed by atoms with Crippen molar-refractivity contribution >= 4 is 5.91 Å². The molecule has 5 heteroatoms. The first kappa shape index (κ1) is 17.5. The van der Waals surface area contributed by atoms with Crippen LogP contribution in [0.15, 0.2) is 48.8 Å². The fourth-order valence-electron chi connectivity index (χ4n) is 3.74. The topological polar surface area (TPSA) is 61.9 Å². The van der Waals surface area contributed by atoms with E-state index in [1.54, 1.807) is 6.20 Å². The van der Waals surface area contributed by atoms with Gasteiger partial charge in [-0.25, -0.2) is 0 Å². The average Bonchev–Trinajstić information content (AvgIpc) is 3.18. The Kier molecular flexibility index (Phi) is 4.75. The highest BCUT2D eigenvalue weighted by atomic mass is 16.2. The van der Waals surface area contributed by atoms with Gasteiger partial charge in [-0.05, 0) is 44.4 Å². The molecule has 1 fully saturated rings. The lowest BCUT2D eigenvalue weighted by Crippen LogP contribution is -2.39. The standard InChI is InChI=1S/C22H24N4O/c1-15-5-8-17(9-6-15)20-13-24-25-21(20)19-4-3-11-26(14-19)22(27)18-10-7-16(2)23-12-18/h5-10,12-13,19H,3-4,11,14H2,1-2H3,(H,24,25)/t19-/m0/s1. The van der Waals surface area contributed by atoms with Gasteiger partial charge in [-0.3, -0.25) is 14.9 Å². The molecule has 0 aliphatic carbocycles. The Morgan fingerprint density at radius 1 is 1.11 bits per heavy atom. The van der Waals surface area contributed by atoms with E-state index in [1.807, 2.05) is 30.2 Å². The Labute approximate surface area is 159 Å². The number of nitrogens with one attached hydrogen (secondary N) is 1. The number of pyridine rings is 1. The minimum Gasteiger partial charge on any atom is -0.338 e. The smallest absolute Gasteiger partial charge is 0.255 e. The Balaban J connectivity index is 1.55. The predicted octanol–water partition coefficient (Wildman–Crippen LogP) is 4.11. The quantitative estimate of drug-likeness (QED) is 0.765. The summed E-state index contributed by atoms with van der Waals surface area (Å²) >= 11 is 0. The summed E-state index contributed by atoms with van der Waals surface area (Å²) < 4.78 is 0. The first-order valence-corrected chi connectivity index (χ1v) is 9.44. The molecule has 138 valence electrons. The fraction of sp³-hybridized carbons (Fsp3) is 0.318. The first-order chi connectivity index (χ1) is 13.1. The van der Waals surface area contributed by atoms with Gasteiger partial charge in [0.25, 0.3) is 5.91 Å². The van der Waals surface area contributed by atoms with Crippen molar-refractivity contribution in [1.29, 1.82) is 0 Å². The molecule has 2 aromatic heterocycles. The van der Waals surface area contributed by atoms with Gasteiger partial charge in [0.2, 0.25) is 0 Å². The summed E-state index contributed by atoms with van der Waals surface area (Å²) in [5.41, 5.74) is 6.23. The normalized spacial score (nSPS) is 17.1. The van der Waals surface area contributed by atoms with Crippen LogP contribution in [0.1, 0.15) is 46.1 Å². The predicted molar refractivity (Wildman–Crippen MR) is 106 cm³/mol. The molecular weight excluding hydrogens is 336 g/mol. The van der Waals surface area contributed by atoms with Crippen LogP contribution in [0.3, 0.4) is 0 Å². The SMILES string of the molecule is Cc1ccc(-c2cn[nH]c2[C@H]2CCCN(C(=O)c3ccc(C)nc3)C2)cc1. The minimum absolute atomic E-state index is 0.0589. The molecule has 0 bridgehead atoms. The van der Waals surface area contributed by atoms with Gasteiger partial charge in [0.15, 0.2) is 0 Å². The average molecular weight is 360 g/mol. The molecule has 1 saturated heterocycles. The minimum atomic E-state index is 0.0589. The summed E-state index contributed by atoms with van der Waals surface area (Å²) in [5, 5.41) is 7.49. The van der Waals surface area contributed by atoms with Crippen molar-refractivity contribution < 1.29 is 4.79 Å². The van der Waals surface area contributed by atoms with Crippen LogP contribution in [0.2, 0.25) is 0 Å². The molecular formula is C22H24N4O. The van der Waals surface area contributed by atoms with Crippen LogP contribution >= 0.6 is 0 Å². The number of aryl methyl sites for hydroxylation is 2. The van der Waals surface area contributed by atoms with E-state index in [0.29, 0.717) is 12.1 Å². The van der Waals surface area contributed by atoms with Gasteiger partial charge in [-0.1, -0.05) is 29.8 Å². The van der Waals surface area contributed by atoms with Gasteiger partial charge in [-0.2, -0.15) is 5.10 Å². The zero-order valence-corrected chi connectivity index (χ0v) is 15.8. The molecule has 0 unspecified atom stereocenters. The summed E-state index contributed by atoms with van der Waals surface area (Å²) in [4.78, 5) is 19.1. The van der Waals surface area contributed by atoms with E-state index in [0.717, 1.165) is 41.9 Å². The molecule has 1 aliphatic heterocycles. The summed E-state index contributed by atoms with van der Waals surface area (Å²) in [6, 6.07) is 12.3. The van der Waals surface area contributed by atoms with Gasteiger partial charge in [0, 0.05) is 42.2 Å². The molecule has 0 spiro atoms. The second kappa shape index (κ2) is 7.35. The van der Waals surface area contributed by atoms with Gasteiger partial charge < -0.3 is 4.90 Å². The van der Waals surface area contributed by atoms with Crippen LogP contribution in [0.25, 0.3) is 11.1 Å². The number of nitrogens with zero attached hydrogens (tertiary/aromatic N) is 3. The highest BCUT2D eigenvalue weighted by molar-refractivity contribution is 5.94. The molecule has 3 aromatic rings. The number of amides is 1. The number of likely N-dealkylation sites (tertiary alicyclic amines) is 1. The molecule has 1 atom stereocenters. The Bertz CT molecular complexity index is 928. The summed E-state index contributed by atoms with van der Waals surface area (Å²) in [6.07, 6.45) is 5.61. The molecule has 1 amide bonds. The number of benzene rings is 1. The van der Waals surface area contributed by atoms with E-state index in [9.17, 15) is 4.79 Å². The highest BCUT2D eigenvalue weighted by Crippen LogP contribution is 2.33. The number of hydrogen-bond donors (Lipinski definition) is 1. The monoisotopic (exact) mass is 360 g/mol. The number of H-pyrrole nitrogens is 1. The first-order valence-electron chi connectivity index (χ1n) is 9.44. The van der Waals surface area contributed by atoms with E-state index >= 15 is 0 Å².